The molecule has 5 nitrogen and oxygen atoms in total. The standard InChI is InChI=1S/C21H18N4O/c1-14-7-9-16(10-8-14)20(26)23-18-6-3-5-17(13-18)19-15(2)25-12-4-11-22-21(25)24-19/h3-13H,1-2H3,(H,23,26). The third-order valence-electron chi connectivity index (χ3n) is 4.35. The molecule has 4 rings (SSSR count). The molecule has 0 aliphatic heterocycles. The lowest BCUT2D eigenvalue weighted by Crippen LogP contribution is -2.11. The van der Waals surface area contributed by atoms with E-state index in [0.29, 0.717) is 11.3 Å². The zero-order valence-electron chi connectivity index (χ0n) is 14.6. The predicted molar refractivity (Wildman–Crippen MR) is 102 cm³/mol. The lowest BCUT2D eigenvalue weighted by atomic mass is 10.1. The molecule has 0 radical (unpaired) electrons. The second-order valence-corrected chi connectivity index (χ2v) is 6.24. The monoisotopic (exact) mass is 342 g/mol. The minimum Gasteiger partial charge on any atom is -0.322 e. The summed E-state index contributed by atoms with van der Waals surface area (Å²) in [5.41, 5.74) is 5.30. The van der Waals surface area contributed by atoms with Gasteiger partial charge in [0.1, 0.15) is 0 Å². The van der Waals surface area contributed by atoms with E-state index in [9.17, 15) is 4.79 Å². The van der Waals surface area contributed by atoms with Gasteiger partial charge in [0.15, 0.2) is 0 Å². The van der Waals surface area contributed by atoms with Crippen LogP contribution in [-0.2, 0) is 0 Å². The van der Waals surface area contributed by atoms with Crippen LogP contribution >= 0.6 is 0 Å². The molecule has 2 heterocycles. The number of aryl methyl sites for hydroxylation is 2. The van der Waals surface area contributed by atoms with Crippen LogP contribution in [0.1, 0.15) is 21.6 Å². The Bertz CT molecular complexity index is 1100. The van der Waals surface area contributed by atoms with E-state index in [0.717, 1.165) is 28.2 Å². The number of benzene rings is 2. The number of carbonyl (C=O) groups excluding carboxylic acids is 1. The largest absolute Gasteiger partial charge is 0.322 e. The van der Waals surface area contributed by atoms with Crippen LogP contribution in [0.4, 0.5) is 5.69 Å². The Kier molecular flexibility index (Phi) is 3.97. The van der Waals surface area contributed by atoms with Crippen LogP contribution in [0.25, 0.3) is 17.0 Å². The molecule has 4 aromatic rings. The quantitative estimate of drug-likeness (QED) is 0.605. The zero-order chi connectivity index (χ0) is 18.1. The van der Waals surface area contributed by atoms with E-state index in [1.165, 1.54) is 0 Å². The van der Waals surface area contributed by atoms with Gasteiger partial charge in [-0.05, 0) is 44.2 Å². The summed E-state index contributed by atoms with van der Waals surface area (Å²) in [5, 5.41) is 2.95. The molecule has 0 aliphatic rings. The summed E-state index contributed by atoms with van der Waals surface area (Å²) >= 11 is 0. The van der Waals surface area contributed by atoms with E-state index in [4.69, 9.17) is 0 Å². The Hall–Kier alpha value is -3.47. The van der Waals surface area contributed by atoms with Crippen molar-refractivity contribution >= 4 is 17.4 Å². The first kappa shape index (κ1) is 16.0. The molecule has 128 valence electrons. The number of aromatic nitrogens is 3. The number of nitrogens with one attached hydrogen (secondary N) is 1. The van der Waals surface area contributed by atoms with Gasteiger partial charge >= 0.3 is 0 Å². The summed E-state index contributed by atoms with van der Waals surface area (Å²) in [4.78, 5) is 21.3. The third-order valence-corrected chi connectivity index (χ3v) is 4.35. The molecule has 0 unspecified atom stereocenters. The maximum absolute atomic E-state index is 12.4. The van der Waals surface area contributed by atoms with Gasteiger partial charge in [0.05, 0.1) is 5.69 Å². The molecule has 2 aromatic carbocycles. The Balaban J connectivity index is 1.65. The second kappa shape index (κ2) is 6.44. The van der Waals surface area contributed by atoms with Gasteiger partial charge in [-0.15, -0.1) is 0 Å². The predicted octanol–water partition coefficient (Wildman–Crippen LogP) is 4.27. The number of fused-ring (bicyclic) bond motifs is 1. The minimum atomic E-state index is -0.129. The fraction of sp³-hybridized carbons (Fsp3) is 0.0952. The van der Waals surface area contributed by atoms with Gasteiger partial charge in [-0.25, -0.2) is 9.97 Å². The number of hydrogen-bond acceptors (Lipinski definition) is 3. The Morgan fingerprint density at radius 2 is 1.85 bits per heavy atom. The van der Waals surface area contributed by atoms with Crippen molar-refractivity contribution in [2.24, 2.45) is 0 Å². The molecule has 1 N–H and O–H groups in total. The summed E-state index contributed by atoms with van der Waals surface area (Å²) in [7, 11) is 0. The van der Waals surface area contributed by atoms with Crippen molar-refractivity contribution in [3.8, 4) is 11.3 Å². The molecule has 26 heavy (non-hydrogen) atoms. The zero-order valence-corrected chi connectivity index (χ0v) is 14.6. The maximum Gasteiger partial charge on any atom is 0.255 e. The van der Waals surface area contributed by atoms with E-state index >= 15 is 0 Å². The van der Waals surface area contributed by atoms with Crippen LogP contribution in [-0.4, -0.2) is 20.3 Å². The summed E-state index contributed by atoms with van der Waals surface area (Å²) in [6.45, 7) is 4.01. The van der Waals surface area contributed by atoms with Gasteiger partial charge in [-0.1, -0.05) is 29.8 Å². The van der Waals surface area contributed by atoms with Gasteiger partial charge in [-0.2, -0.15) is 0 Å². The molecule has 1 amide bonds. The lowest BCUT2D eigenvalue weighted by Gasteiger charge is -2.07. The van der Waals surface area contributed by atoms with E-state index in [-0.39, 0.29) is 5.91 Å². The van der Waals surface area contributed by atoms with E-state index in [1.54, 1.807) is 6.20 Å². The molecular weight excluding hydrogens is 324 g/mol. The highest BCUT2D eigenvalue weighted by Gasteiger charge is 2.12. The number of carbonyl (C=O) groups is 1. The van der Waals surface area contributed by atoms with Crippen LogP contribution in [0.5, 0.6) is 0 Å². The normalized spacial score (nSPS) is 10.8. The molecule has 0 saturated carbocycles. The number of hydrogen-bond donors (Lipinski definition) is 1. The van der Waals surface area contributed by atoms with Crippen LogP contribution in [0, 0.1) is 13.8 Å². The van der Waals surface area contributed by atoms with Crippen molar-refractivity contribution in [2.45, 2.75) is 13.8 Å². The van der Waals surface area contributed by atoms with E-state index < -0.39 is 0 Å². The Morgan fingerprint density at radius 3 is 2.62 bits per heavy atom. The third kappa shape index (κ3) is 2.95. The molecule has 0 bridgehead atoms. The van der Waals surface area contributed by atoms with Crippen LogP contribution in [0.3, 0.4) is 0 Å². The number of imidazole rings is 1. The van der Waals surface area contributed by atoms with Gasteiger partial charge in [0.2, 0.25) is 5.78 Å². The Labute approximate surface area is 151 Å². The van der Waals surface area contributed by atoms with E-state index in [1.807, 2.05) is 79.0 Å². The van der Waals surface area contributed by atoms with Crippen LogP contribution in [0.15, 0.2) is 67.0 Å². The average molecular weight is 342 g/mol. The first-order valence-corrected chi connectivity index (χ1v) is 8.40. The van der Waals surface area contributed by atoms with Gasteiger partial charge in [0, 0.05) is 34.9 Å². The lowest BCUT2D eigenvalue weighted by molar-refractivity contribution is 0.102. The fourth-order valence-corrected chi connectivity index (χ4v) is 2.93. The molecule has 0 fully saturated rings. The summed E-state index contributed by atoms with van der Waals surface area (Å²) in [5.74, 6) is 0.532. The first-order chi connectivity index (χ1) is 12.6. The van der Waals surface area contributed by atoms with Crippen LogP contribution < -0.4 is 5.32 Å². The highest BCUT2D eigenvalue weighted by Crippen LogP contribution is 2.25. The van der Waals surface area contributed by atoms with Crippen molar-refractivity contribution < 1.29 is 4.79 Å². The van der Waals surface area contributed by atoms with Crippen molar-refractivity contribution in [3.05, 3.63) is 83.8 Å². The molecule has 5 heteroatoms. The number of rotatable bonds is 3. The summed E-state index contributed by atoms with van der Waals surface area (Å²) in [6, 6.07) is 17.1. The van der Waals surface area contributed by atoms with Crippen molar-refractivity contribution in [1.29, 1.82) is 0 Å². The van der Waals surface area contributed by atoms with Crippen molar-refractivity contribution in [2.75, 3.05) is 5.32 Å². The van der Waals surface area contributed by atoms with Gasteiger partial charge < -0.3 is 5.32 Å². The Morgan fingerprint density at radius 1 is 1.04 bits per heavy atom. The second-order valence-electron chi connectivity index (χ2n) is 6.24. The number of nitrogens with zero attached hydrogens (tertiary/aromatic N) is 3. The molecule has 0 aliphatic carbocycles. The average Bonchev–Trinajstić information content (AvgIpc) is 3.00. The maximum atomic E-state index is 12.4. The SMILES string of the molecule is Cc1ccc(C(=O)Nc2cccc(-c3nc4ncccn4c3C)c2)cc1. The van der Waals surface area contributed by atoms with Gasteiger partial charge in [0.25, 0.3) is 5.91 Å². The molecule has 2 aromatic heterocycles. The van der Waals surface area contributed by atoms with Gasteiger partial charge in [-0.3, -0.25) is 9.20 Å². The summed E-state index contributed by atoms with van der Waals surface area (Å²) < 4.78 is 1.95. The number of amides is 1. The molecule has 0 saturated heterocycles. The number of anilines is 1. The van der Waals surface area contributed by atoms with Crippen molar-refractivity contribution in [3.63, 3.8) is 0 Å². The van der Waals surface area contributed by atoms with Crippen LogP contribution in [0.2, 0.25) is 0 Å². The summed E-state index contributed by atoms with van der Waals surface area (Å²) in [6.07, 6.45) is 3.67. The fourth-order valence-electron chi connectivity index (χ4n) is 2.93. The van der Waals surface area contributed by atoms with E-state index in [2.05, 4.69) is 15.3 Å². The molecule has 0 spiro atoms. The highest BCUT2D eigenvalue weighted by atomic mass is 16.1. The smallest absolute Gasteiger partial charge is 0.255 e. The topological polar surface area (TPSA) is 59.3 Å². The molecule has 0 atom stereocenters. The first-order valence-electron chi connectivity index (χ1n) is 8.40. The minimum absolute atomic E-state index is 0.129. The highest BCUT2D eigenvalue weighted by molar-refractivity contribution is 6.04. The van der Waals surface area contributed by atoms with Crippen molar-refractivity contribution in [1.82, 2.24) is 14.4 Å². The molecular formula is C21H18N4O.